The third-order valence-electron chi connectivity index (χ3n) is 5.76. The minimum Gasteiger partial charge on any atom is -0.352 e. The van der Waals surface area contributed by atoms with Crippen LogP contribution in [0.1, 0.15) is 57.8 Å². The molecule has 0 aliphatic heterocycles. The minimum atomic E-state index is 0. The molecule has 3 atom stereocenters. The van der Waals surface area contributed by atoms with Crippen molar-refractivity contribution in [3.05, 3.63) is 0 Å². The molecule has 0 aromatic heterocycles. The number of hydrogen-bond donors (Lipinski definition) is 2. The third kappa shape index (κ3) is 3.30. The van der Waals surface area contributed by atoms with Gasteiger partial charge in [-0.2, -0.15) is 0 Å². The molecule has 3 aliphatic rings. The number of nitrogens with one attached hydrogen (secondary N) is 1. The van der Waals surface area contributed by atoms with Gasteiger partial charge in [-0.3, -0.25) is 4.79 Å². The zero-order valence-electron chi connectivity index (χ0n) is 12.4. The molecule has 0 heterocycles. The zero-order chi connectivity index (χ0) is 13.2. The van der Waals surface area contributed by atoms with E-state index in [-0.39, 0.29) is 18.4 Å². The summed E-state index contributed by atoms with van der Waals surface area (Å²) in [4.78, 5) is 12.4. The molecule has 0 aromatic carbocycles. The second-order valence-electron chi connectivity index (χ2n) is 6.89. The number of rotatable bonds is 4. The lowest BCUT2D eigenvalue weighted by molar-refractivity contribution is -0.124. The molecule has 3 saturated carbocycles. The van der Waals surface area contributed by atoms with Gasteiger partial charge >= 0.3 is 0 Å². The normalized spacial score (nSPS) is 34.5. The molecule has 3 unspecified atom stereocenters. The Morgan fingerprint density at radius 1 is 1.00 bits per heavy atom. The molecule has 0 bridgehead atoms. The lowest BCUT2D eigenvalue weighted by Gasteiger charge is -2.30. The van der Waals surface area contributed by atoms with Gasteiger partial charge in [-0.25, -0.2) is 0 Å². The maximum absolute atomic E-state index is 12.4. The predicted octanol–water partition coefficient (Wildman–Crippen LogP) is 2.87. The van der Waals surface area contributed by atoms with Gasteiger partial charge < -0.3 is 11.1 Å². The summed E-state index contributed by atoms with van der Waals surface area (Å²) in [7, 11) is 0. The molecule has 0 aromatic rings. The van der Waals surface area contributed by atoms with Gasteiger partial charge in [0.25, 0.3) is 0 Å². The van der Waals surface area contributed by atoms with Crippen molar-refractivity contribution in [2.45, 2.75) is 63.8 Å². The van der Waals surface area contributed by atoms with E-state index in [4.69, 9.17) is 5.73 Å². The lowest BCUT2D eigenvalue weighted by Crippen LogP contribution is -2.46. The van der Waals surface area contributed by atoms with Crippen molar-refractivity contribution in [2.75, 3.05) is 6.54 Å². The van der Waals surface area contributed by atoms with Gasteiger partial charge in [0, 0.05) is 18.5 Å². The fourth-order valence-electron chi connectivity index (χ4n) is 4.57. The second-order valence-corrected chi connectivity index (χ2v) is 6.89. The highest BCUT2D eigenvalue weighted by molar-refractivity contribution is 5.85. The lowest BCUT2D eigenvalue weighted by atomic mass is 9.84. The van der Waals surface area contributed by atoms with E-state index in [1.165, 1.54) is 57.8 Å². The number of hydrogen-bond acceptors (Lipinski definition) is 2. The van der Waals surface area contributed by atoms with E-state index in [1.54, 1.807) is 0 Å². The quantitative estimate of drug-likeness (QED) is 0.839. The second kappa shape index (κ2) is 7.13. The van der Waals surface area contributed by atoms with Gasteiger partial charge in [0.05, 0.1) is 0 Å². The molecular formula is C16H29ClN2O. The van der Waals surface area contributed by atoms with Crippen molar-refractivity contribution < 1.29 is 4.79 Å². The number of carbonyl (C=O) groups is 1. The number of halogens is 1. The summed E-state index contributed by atoms with van der Waals surface area (Å²) in [5.41, 5.74) is 5.90. The topological polar surface area (TPSA) is 55.1 Å². The molecule has 3 rings (SSSR count). The summed E-state index contributed by atoms with van der Waals surface area (Å²) >= 11 is 0. The number of nitrogens with two attached hydrogens (primary N) is 1. The fraction of sp³-hybridized carbons (Fsp3) is 0.938. The van der Waals surface area contributed by atoms with E-state index in [0.29, 0.717) is 36.1 Å². The smallest absolute Gasteiger partial charge is 0.223 e. The third-order valence-corrected chi connectivity index (χ3v) is 5.76. The summed E-state index contributed by atoms with van der Waals surface area (Å²) < 4.78 is 0. The number of fused-ring (bicyclic) bond motifs is 1. The van der Waals surface area contributed by atoms with Crippen LogP contribution in [-0.2, 0) is 4.79 Å². The maximum atomic E-state index is 12.4. The molecule has 4 heteroatoms. The fourth-order valence-corrected chi connectivity index (χ4v) is 4.57. The first-order chi connectivity index (χ1) is 9.31. The SMILES string of the molecule is Cl.NCC(NC(=O)C1C2CCCCC21)C1CCCCC1. The van der Waals surface area contributed by atoms with E-state index < -0.39 is 0 Å². The Hall–Kier alpha value is -0.280. The summed E-state index contributed by atoms with van der Waals surface area (Å²) in [6.07, 6.45) is 11.7. The van der Waals surface area contributed by atoms with Crippen LogP contribution in [0.5, 0.6) is 0 Å². The van der Waals surface area contributed by atoms with Gasteiger partial charge in [-0.15, -0.1) is 12.4 Å². The Balaban J connectivity index is 0.00000147. The molecule has 0 spiro atoms. The average molecular weight is 301 g/mol. The highest BCUT2D eigenvalue weighted by Gasteiger charge is 2.54. The van der Waals surface area contributed by atoms with Crippen molar-refractivity contribution in [2.24, 2.45) is 29.4 Å². The molecule has 3 fully saturated rings. The van der Waals surface area contributed by atoms with Crippen molar-refractivity contribution in [3.8, 4) is 0 Å². The van der Waals surface area contributed by atoms with Crippen molar-refractivity contribution >= 4 is 18.3 Å². The summed E-state index contributed by atoms with van der Waals surface area (Å²) in [6, 6.07) is 0.232. The van der Waals surface area contributed by atoms with E-state index in [1.807, 2.05) is 0 Å². The maximum Gasteiger partial charge on any atom is 0.223 e. The Bertz CT molecular complexity index is 318. The Morgan fingerprint density at radius 2 is 1.55 bits per heavy atom. The Morgan fingerprint density at radius 3 is 2.10 bits per heavy atom. The van der Waals surface area contributed by atoms with Crippen molar-refractivity contribution in [1.82, 2.24) is 5.32 Å². The largest absolute Gasteiger partial charge is 0.352 e. The van der Waals surface area contributed by atoms with Gasteiger partial charge in [0.1, 0.15) is 0 Å². The molecule has 0 saturated heterocycles. The molecule has 1 amide bonds. The zero-order valence-corrected chi connectivity index (χ0v) is 13.2. The standard InChI is InChI=1S/C16H28N2O.ClH/c17-10-14(11-6-2-1-3-7-11)18-16(19)15-12-8-4-5-9-13(12)15;/h11-15H,1-10,17H2,(H,18,19);1H. The first kappa shape index (κ1) is 16.1. The van der Waals surface area contributed by atoms with Crippen molar-refractivity contribution in [3.63, 3.8) is 0 Å². The summed E-state index contributed by atoms with van der Waals surface area (Å²) in [5.74, 6) is 2.69. The van der Waals surface area contributed by atoms with E-state index in [9.17, 15) is 4.79 Å². The monoisotopic (exact) mass is 300 g/mol. The van der Waals surface area contributed by atoms with Gasteiger partial charge in [0.2, 0.25) is 5.91 Å². The Labute approximate surface area is 128 Å². The number of amides is 1. The van der Waals surface area contributed by atoms with Gasteiger partial charge in [-0.1, -0.05) is 32.1 Å². The van der Waals surface area contributed by atoms with Crippen LogP contribution < -0.4 is 11.1 Å². The van der Waals surface area contributed by atoms with Gasteiger partial charge in [0.15, 0.2) is 0 Å². The first-order valence-corrected chi connectivity index (χ1v) is 8.31. The average Bonchev–Trinajstić information content (AvgIpc) is 3.20. The minimum absolute atomic E-state index is 0. The highest BCUT2D eigenvalue weighted by atomic mass is 35.5. The van der Waals surface area contributed by atoms with Crippen LogP contribution in [0.2, 0.25) is 0 Å². The van der Waals surface area contributed by atoms with Gasteiger partial charge in [-0.05, 0) is 43.4 Å². The summed E-state index contributed by atoms with van der Waals surface area (Å²) in [6.45, 7) is 0.610. The molecular weight excluding hydrogens is 272 g/mol. The van der Waals surface area contributed by atoms with E-state index >= 15 is 0 Å². The van der Waals surface area contributed by atoms with E-state index in [2.05, 4.69) is 5.32 Å². The molecule has 3 N–H and O–H groups in total. The predicted molar refractivity (Wildman–Crippen MR) is 83.7 cm³/mol. The Kier molecular flexibility index (Phi) is 5.74. The molecule has 0 radical (unpaired) electrons. The van der Waals surface area contributed by atoms with Crippen LogP contribution >= 0.6 is 12.4 Å². The summed E-state index contributed by atoms with van der Waals surface area (Å²) in [5, 5.41) is 3.29. The first-order valence-electron chi connectivity index (χ1n) is 8.31. The van der Waals surface area contributed by atoms with Crippen LogP contribution in [-0.4, -0.2) is 18.5 Å². The van der Waals surface area contributed by atoms with E-state index in [0.717, 1.165) is 0 Å². The molecule has 116 valence electrons. The van der Waals surface area contributed by atoms with Crippen LogP contribution in [0.15, 0.2) is 0 Å². The van der Waals surface area contributed by atoms with Crippen LogP contribution in [0, 0.1) is 23.7 Å². The molecule has 3 nitrogen and oxygen atoms in total. The van der Waals surface area contributed by atoms with Crippen LogP contribution in [0.25, 0.3) is 0 Å². The van der Waals surface area contributed by atoms with Crippen molar-refractivity contribution in [1.29, 1.82) is 0 Å². The molecule has 3 aliphatic carbocycles. The highest BCUT2D eigenvalue weighted by Crippen LogP contribution is 2.55. The van der Waals surface area contributed by atoms with Crippen LogP contribution in [0.3, 0.4) is 0 Å². The number of carbonyl (C=O) groups excluding carboxylic acids is 1. The van der Waals surface area contributed by atoms with Crippen LogP contribution in [0.4, 0.5) is 0 Å². The molecule has 20 heavy (non-hydrogen) atoms.